The van der Waals surface area contributed by atoms with Crippen LogP contribution in [0.4, 0.5) is 5.69 Å². The Bertz CT molecular complexity index is 575. The minimum absolute atomic E-state index is 0.168. The number of benzene rings is 1. The predicted octanol–water partition coefficient (Wildman–Crippen LogP) is 1.38. The molecule has 1 aromatic rings. The fourth-order valence-corrected chi connectivity index (χ4v) is 3.37. The van der Waals surface area contributed by atoms with E-state index in [0.29, 0.717) is 0 Å². The fourth-order valence-electron chi connectivity index (χ4n) is 1.50. The quantitative estimate of drug-likeness (QED) is 0.645. The lowest BCUT2D eigenvalue weighted by Gasteiger charge is -2.20. The number of fused-ring (bicyclic) bond motifs is 1. The number of nitrogens with one attached hydrogen (secondary N) is 1. The lowest BCUT2D eigenvalue weighted by molar-refractivity contribution is -0.142. The van der Waals surface area contributed by atoms with Crippen molar-refractivity contribution in [1.82, 2.24) is 0 Å². The summed E-state index contributed by atoms with van der Waals surface area (Å²) in [5, 5.41) is 2.96. The summed E-state index contributed by atoms with van der Waals surface area (Å²) < 4.78 is 25.7. The molecule has 1 unspecified atom stereocenters. The third-order valence-electron chi connectivity index (χ3n) is 2.41. The maximum Gasteiger partial charge on any atom is 0.353 e. The standard InChI is InChI=1S/C11H13NO4S3/c1-19(14,15)7-6-16-10(13)11(17)12-8-4-2-3-5-9(8)18-11/h2-5,12,17H,6-7H2,1H3. The van der Waals surface area contributed by atoms with Crippen LogP contribution in [0.1, 0.15) is 0 Å². The first-order chi connectivity index (χ1) is 8.80. The van der Waals surface area contributed by atoms with Crippen LogP contribution < -0.4 is 5.32 Å². The van der Waals surface area contributed by atoms with Gasteiger partial charge in [0.1, 0.15) is 6.61 Å². The van der Waals surface area contributed by atoms with Crippen molar-refractivity contribution >= 4 is 45.9 Å². The Hall–Kier alpha value is -0.860. The maximum atomic E-state index is 11.9. The first-order valence-corrected chi connectivity index (χ1v) is 8.76. The first kappa shape index (κ1) is 14.5. The number of carbonyl (C=O) groups excluding carboxylic acids is 1. The number of para-hydroxylation sites is 1. The molecule has 0 fully saturated rings. The monoisotopic (exact) mass is 319 g/mol. The molecule has 0 radical (unpaired) electrons. The lowest BCUT2D eigenvalue weighted by atomic mass is 10.3. The third kappa shape index (κ3) is 3.58. The molecule has 0 saturated heterocycles. The largest absolute Gasteiger partial charge is 0.462 e. The van der Waals surface area contributed by atoms with Gasteiger partial charge in [-0.25, -0.2) is 13.2 Å². The molecule has 0 aromatic heterocycles. The molecule has 1 atom stereocenters. The third-order valence-corrected chi connectivity index (χ3v) is 5.03. The Balaban J connectivity index is 1.98. The molecule has 0 aliphatic carbocycles. The highest BCUT2D eigenvalue weighted by Gasteiger charge is 2.43. The topological polar surface area (TPSA) is 72.5 Å². The summed E-state index contributed by atoms with van der Waals surface area (Å²) in [6, 6.07) is 7.42. The number of sulfone groups is 1. The molecule has 8 heteroatoms. The number of ether oxygens (including phenoxy) is 1. The second-order valence-electron chi connectivity index (χ2n) is 4.13. The summed E-state index contributed by atoms with van der Waals surface area (Å²) in [7, 11) is -3.15. The smallest absolute Gasteiger partial charge is 0.353 e. The van der Waals surface area contributed by atoms with Gasteiger partial charge < -0.3 is 10.1 Å². The molecular formula is C11H13NO4S3. The number of thiol groups is 1. The average Bonchev–Trinajstić information content (AvgIpc) is 2.64. The summed E-state index contributed by atoms with van der Waals surface area (Å²) in [5.41, 5.74) is 0.808. The minimum Gasteiger partial charge on any atom is -0.462 e. The van der Waals surface area contributed by atoms with Gasteiger partial charge in [0.05, 0.1) is 11.4 Å². The van der Waals surface area contributed by atoms with Crippen LogP contribution in [0.25, 0.3) is 0 Å². The molecule has 1 aliphatic heterocycles. The van der Waals surface area contributed by atoms with E-state index in [9.17, 15) is 13.2 Å². The van der Waals surface area contributed by atoms with E-state index in [0.717, 1.165) is 16.8 Å². The average molecular weight is 319 g/mol. The fraction of sp³-hybridized carbons (Fsp3) is 0.364. The zero-order chi connectivity index (χ0) is 14.1. The predicted molar refractivity (Wildman–Crippen MR) is 78.3 cm³/mol. The zero-order valence-corrected chi connectivity index (χ0v) is 12.6. The molecule has 1 aromatic carbocycles. The van der Waals surface area contributed by atoms with Gasteiger partial charge in [0.25, 0.3) is 0 Å². The number of esters is 1. The normalized spacial score (nSPS) is 21.6. The molecule has 0 amide bonds. The second kappa shape index (κ2) is 5.26. The number of hydrogen-bond acceptors (Lipinski definition) is 7. The van der Waals surface area contributed by atoms with Crippen LogP contribution in [0.3, 0.4) is 0 Å². The van der Waals surface area contributed by atoms with Crippen LogP contribution in [0, 0.1) is 0 Å². The summed E-state index contributed by atoms with van der Waals surface area (Å²) in [4.78, 5) is 12.8. The number of thioether (sulfide) groups is 1. The van der Waals surface area contributed by atoms with E-state index >= 15 is 0 Å². The molecular weight excluding hydrogens is 306 g/mol. The van der Waals surface area contributed by atoms with E-state index in [1.54, 1.807) is 0 Å². The highest BCUT2D eigenvalue weighted by Crippen LogP contribution is 2.47. The van der Waals surface area contributed by atoms with Gasteiger partial charge in [-0.1, -0.05) is 23.9 Å². The van der Waals surface area contributed by atoms with Crippen molar-refractivity contribution in [2.24, 2.45) is 0 Å². The molecule has 2 rings (SSSR count). The van der Waals surface area contributed by atoms with Gasteiger partial charge >= 0.3 is 5.97 Å². The van der Waals surface area contributed by atoms with E-state index in [1.807, 2.05) is 24.3 Å². The Kier molecular flexibility index (Phi) is 4.03. The van der Waals surface area contributed by atoms with E-state index in [4.69, 9.17) is 4.74 Å². The molecule has 104 valence electrons. The van der Waals surface area contributed by atoms with Crippen molar-refractivity contribution in [2.45, 2.75) is 9.10 Å². The SMILES string of the molecule is CS(=O)(=O)CCOC(=O)C1(S)Nc2ccccc2S1. The van der Waals surface area contributed by atoms with Crippen molar-refractivity contribution < 1.29 is 17.9 Å². The van der Waals surface area contributed by atoms with Crippen molar-refractivity contribution in [1.29, 1.82) is 0 Å². The van der Waals surface area contributed by atoms with Gasteiger partial charge in [-0.3, -0.25) is 0 Å². The van der Waals surface area contributed by atoms with E-state index in [-0.39, 0.29) is 12.4 Å². The molecule has 5 nitrogen and oxygen atoms in total. The van der Waals surface area contributed by atoms with Gasteiger partial charge in [0.2, 0.25) is 4.20 Å². The minimum atomic E-state index is -3.15. The van der Waals surface area contributed by atoms with Crippen molar-refractivity contribution in [3.8, 4) is 0 Å². The summed E-state index contributed by atoms with van der Waals surface area (Å²) in [5.74, 6) is -0.791. The highest BCUT2D eigenvalue weighted by molar-refractivity contribution is 8.13. The van der Waals surface area contributed by atoms with Crippen molar-refractivity contribution in [3.05, 3.63) is 24.3 Å². The summed E-state index contributed by atoms with van der Waals surface area (Å²) >= 11 is 5.53. The van der Waals surface area contributed by atoms with Gasteiger partial charge in [0.15, 0.2) is 9.84 Å². The van der Waals surface area contributed by atoms with E-state index in [2.05, 4.69) is 17.9 Å². The van der Waals surface area contributed by atoms with Crippen molar-refractivity contribution in [3.63, 3.8) is 0 Å². The number of anilines is 1. The first-order valence-electron chi connectivity index (χ1n) is 5.44. The summed E-state index contributed by atoms with van der Waals surface area (Å²) in [6.07, 6.45) is 1.09. The van der Waals surface area contributed by atoms with Gasteiger partial charge in [-0.2, -0.15) is 0 Å². The Labute approximate surface area is 121 Å². The van der Waals surface area contributed by atoms with Crippen LogP contribution in [0.2, 0.25) is 0 Å². The number of hydrogen-bond donors (Lipinski definition) is 2. The van der Waals surface area contributed by atoms with Crippen LogP contribution in [0.15, 0.2) is 29.2 Å². The Morgan fingerprint density at radius 3 is 2.79 bits per heavy atom. The maximum absolute atomic E-state index is 11.9. The second-order valence-corrected chi connectivity index (χ2v) is 8.62. The summed E-state index contributed by atoms with van der Waals surface area (Å²) in [6.45, 7) is -0.168. The highest BCUT2D eigenvalue weighted by atomic mass is 32.2. The number of carbonyl (C=O) groups is 1. The molecule has 1 aliphatic rings. The Morgan fingerprint density at radius 1 is 1.47 bits per heavy atom. The van der Waals surface area contributed by atoms with Gasteiger partial charge in [-0.05, 0) is 12.1 Å². The molecule has 19 heavy (non-hydrogen) atoms. The number of rotatable bonds is 4. The van der Waals surface area contributed by atoms with Gasteiger partial charge in [0, 0.05) is 11.2 Å². The molecule has 0 saturated carbocycles. The van der Waals surface area contributed by atoms with E-state index < -0.39 is 20.0 Å². The van der Waals surface area contributed by atoms with Crippen LogP contribution in [-0.2, 0) is 19.4 Å². The molecule has 1 heterocycles. The zero-order valence-electron chi connectivity index (χ0n) is 10.1. The van der Waals surface area contributed by atoms with Crippen LogP contribution >= 0.6 is 24.4 Å². The van der Waals surface area contributed by atoms with Gasteiger partial charge in [-0.15, -0.1) is 12.6 Å². The van der Waals surface area contributed by atoms with E-state index in [1.165, 1.54) is 11.8 Å². The molecule has 0 bridgehead atoms. The van der Waals surface area contributed by atoms with Crippen molar-refractivity contribution in [2.75, 3.05) is 23.9 Å². The van der Waals surface area contributed by atoms with Crippen LogP contribution in [-0.4, -0.2) is 37.2 Å². The molecule has 1 N–H and O–H groups in total. The molecule has 0 spiro atoms. The Morgan fingerprint density at radius 2 is 2.16 bits per heavy atom. The lowest BCUT2D eigenvalue weighted by Crippen LogP contribution is -2.37. The van der Waals surface area contributed by atoms with Crippen LogP contribution in [0.5, 0.6) is 0 Å².